The van der Waals surface area contributed by atoms with Crippen LogP contribution in [0, 0.1) is 5.82 Å². The molecule has 0 aromatic carbocycles. The van der Waals surface area contributed by atoms with E-state index >= 15 is 0 Å². The Labute approximate surface area is 81.7 Å². The molecule has 3 nitrogen and oxygen atoms in total. The van der Waals surface area contributed by atoms with Crippen molar-refractivity contribution in [3.05, 3.63) is 42.5 Å². The van der Waals surface area contributed by atoms with Crippen molar-refractivity contribution < 1.29 is 9.18 Å². The van der Waals surface area contributed by atoms with Crippen LogP contribution in [-0.4, -0.2) is 10.9 Å². The molecule has 1 amide bonds. The van der Waals surface area contributed by atoms with Gasteiger partial charge in [-0.15, -0.1) is 0 Å². The maximum Gasteiger partial charge on any atom is 0.243 e. The first-order valence-corrected chi connectivity index (χ1v) is 4.18. The second-order valence-corrected chi connectivity index (χ2v) is 2.84. The molecule has 0 spiro atoms. The van der Waals surface area contributed by atoms with E-state index in [1.165, 1.54) is 18.2 Å². The Hall–Kier alpha value is -1.71. The van der Waals surface area contributed by atoms with Crippen LogP contribution >= 0.6 is 0 Å². The van der Waals surface area contributed by atoms with Gasteiger partial charge in [-0.25, -0.2) is 4.39 Å². The number of aromatic nitrogens is 1. The van der Waals surface area contributed by atoms with Gasteiger partial charge in [-0.3, -0.25) is 9.78 Å². The summed E-state index contributed by atoms with van der Waals surface area (Å²) in [7, 11) is 0. The van der Waals surface area contributed by atoms with E-state index in [0.717, 1.165) is 6.20 Å². The maximum absolute atomic E-state index is 12.5. The summed E-state index contributed by atoms with van der Waals surface area (Å²) in [5.41, 5.74) is 0.613. The average molecular weight is 194 g/mol. The number of rotatable bonds is 3. The number of halogens is 1. The highest BCUT2D eigenvalue weighted by Crippen LogP contribution is 2.08. The highest BCUT2D eigenvalue weighted by atomic mass is 19.1. The third-order valence-corrected chi connectivity index (χ3v) is 1.74. The minimum atomic E-state index is -0.393. The summed E-state index contributed by atoms with van der Waals surface area (Å²) in [4.78, 5) is 14.8. The quantitative estimate of drug-likeness (QED) is 0.742. The number of carbonyl (C=O) groups is 1. The lowest BCUT2D eigenvalue weighted by atomic mass is 10.2. The molecule has 4 heteroatoms. The second-order valence-electron chi connectivity index (χ2n) is 2.84. The Morgan fingerprint density at radius 2 is 2.43 bits per heavy atom. The fraction of sp³-hybridized carbons (Fsp3) is 0.200. The van der Waals surface area contributed by atoms with E-state index in [2.05, 4.69) is 16.9 Å². The highest BCUT2D eigenvalue weighted by molar-refractivity contribution is 5.87. The number of carbonyl (C=O) groups excluding carboxylic acids is 1. The summed E-state index contributed by atoms with van der Waals surface area (Å²) in [6.45, 7) is 5.09. The van der Waals surface area contributed by atoms with E-state index in [9.17, 15) is 9.18 Å². The van der Waals surface area contributed by atoms with Gasteiger partial charge in [-0.05, 0) is 25.1 Å². The molecular weight excluding hydrogens is 183 g/mol. The zero-order valence-electron chi connectivity index (χ0n) is 7.83. The number of hydrogen-bond donors (Lipinski definition) is 1. The van der Waals surface area contributed by atoms with E-state index < -0.39 is 5.82 Å². The Balaban J connectivity index is 2.69. The van der Waals surface area contributed by atoms with Crippen molar-refractivity contribution in [2.45, 2.75) is 13.0 Å². The van der Waals surface area contributed by atoms with Gasteiger partial charge in [0.1, 0.15) is 5.82 Å². The van der Waals surface area contributed by atoms with Gasteiger partial charge in [0, 0.05) is 0 Å². The van der Waals surface area contributed by atoms with Crippen molar-refractivity contribution in [3.63, 3.8) is 0 Å². The standard InChI is InChI=1S/C10H11FN2O/c1-3-10(14)13-7(2)9-5-4-8(11)6-12-9/h3-7H,1H2,2H3,(H,13,14)/t7-/m0/s1. The first-order valence-electron chi connectivity index (χ1n) is 4.18. The van der Waals surface area contributed by atoms with E-state index in [0.29, 0.717) is 5.69 Å². The molecule has 0 aliphatic rings. The lowest BCUT2D eigenvalue weighted by molar-refractivity contribution is -0.117. The second kappa shape index (κ2) is 4.50. The van der Waals surface area contributed by atoms with E-state index in [4.69, 9.17) is 0 Å². The highest BCUT2D eigenvalue weighted by Gasteiger charge is 2.07. The van der Waals surface area contributed by atoms with Crippen LogP contribution in [0.15, 0.2) is 31.0 Å². The van der Waals surface area contributed by atoms with Gasteiger partial charge in [0.05, 0.1) is 17.9 Å². The molecule has 1 aromatic rings. The van der Waals surface area contributed by atoms with E-state index in [-0.39, 0.29) is 11.9 Å². The van der Waals surface area contributed by atoms with E-state index in [1.807, 2.05) is 0 Å². The third-order valence-electron chi connectivity index (χ3n) is 1.74. The van der Waals surface area contributed by atoms with Crippen LogP contribution in [-0.2, 0) is 4.79 Å². The lowest BCUT2D eigenvalue weighted by Crippen LogP contribution is -2.25. The first-order chi connectivity index (χ1) is 6.63. The SMILES string of the molecule is C=CC(=O)N[C@@H](C)c1ccc(F)cn1. The van der Waals surface area contributed by atoms with Crippen molar-refractivity contribution in [1.29, 1.82) is 0 Å². The number of nitrogens with one attached hydrogen (secondary N) is 1. The summed E-state index contributed by atoms with van der Waals surface area (Å²) in [5, 5.41) is 2.62. The molecule has 0 saturated carbocycles. The third kappa shape index (κ3) is 2.65. The van der Waals surface area contributed by atoms with Gasteiger partial charge in [-0.1, -0.05) is 6.58 Å². The van der Waals surface area contributed by atoms with E-state index in [1.54, 1.807) is 6.92 Å². The molecule has 1 heterocycles. The summed E-state index contributed by atoms with van der Waals surface area (Å²) in [6.07, 6.45) is 2.30. The van der Waals surface area contributed by atoms with Gasteiger partial charge in [-0.2, -0.15) is 0 Å². The monoisotopic (exact) mass is 194 g/mol. The predicted molar refractivity (Wildman–Crippen MR) is 50.9 cm³/mol. The van der Waals surface area contributed by atoms with Crippen LogP contribution in [0.3, 0.4) is 0 Å². The van der Waals surface area contributed by atoms with Crippen molar-refractivity contribution in [2.24, 2.45) is 0 Å². The van der Waals surface area contributed by atoms with Gasteiger partial charge in [0.2, 0.25) is 5.91 Å². The fourth-order valence-electron chi connectivity index (χ4n) is 0.990. The molecule has 0 saturated heterocycles. The molecule has 1 rings (SSSR count). The Kier molecular flexibility index (Phi) is 3.34. The molecule has 1 aromatic heterocycles. The minimum Gasteiger partial charge on any atom is -0.344 e. The smallest absolute Gasteiger partial charge is 0.243 e. The topological polar surface area (TPSA) is 42.0 Å². The molecule has 0 unspecified atom stereocenters. The Morgan fingerprint density at radius 3 is 2.93 bits per heavy atom. The normalized spacial score (nSPS) is 11.9. The van der Waals surface area contributed by atoms with Gasteiger partial charge < -0.3 is 5.32 Å². The number of amides is 1. The van der Waals surface area contributed by atoms with Crippen LogP contribution in [0.5, 0.6) is 0 Å². The average Bonchev–Trinajstić information content (AvgIpc) is 2.18. The Bertz CT molecular complexity index is 334. The predicted octanol–water partition coefficient (Wildman–Crippen LogP) is 1.58. The largest absolute Gasteiger partial charge is 0.344 e. The van der Waals surface area contributed by atoms with Gasteiger partial charge >= 0.3 is 0 Å². The minimum absolute atomic E-state index is 0.249. The van der Waals surface area contributed by atoms with Crippen LogP contribution in [0.2, 0.25) is 0 Å². The van der Waals surface area contributed by atoms with Crippen molar-refractivity contribution in [3.8, 4) is 0 Å². The summed E-state index contributed by atoms with van der Waals surface area (Å²) in [5.74, 6) is -0.667. The molecule has 0 bridgehead atoms. The van der Waals surface area contributed by atoms with Crippen LogP contribution in [0.1, 0.15) is 18.7 Å². The summed E-state index contributed by atoms with van der Waals surface area (Å²) < 4.78 is 12.5. The van der Waals surface area contributed by atoms with Crippen molar-refractivity contribution in [1.82, 2.24) is 10.3 Å². The molecular formula is C10H11FN2O. The molecule has 0 radical (unpaired) electrons. The molecule has 1 N–H and O–H groups in total. The zero-order chi connectivity index (χ0) is 10.6. The summed E-state index contributed by atoms with van der Waals surface area (Å²) >= 11 is 0. The number of pyridine rings is 1. The number of hydrogen-bond acceptors (Lipinski definition) is 2. The van der Waals surface area contributed by atoms with Crippen molar-refractivity contribution in [2.75, 3.05) is 0 Å². The Morgan fingerprint density at radius 1 is 1.71 bits per heavy atom. The maximum atomic E-state index is 12.5. The molecule has 0 aliphatic carbocycles. The van der Waals surface area contributed by atoms with Crippen molar-refractivity contribution >= 4 is 5.91 Å². The lowest BCUT2D eigenvalue weighted by Gasteiger charge is -2.11. The van der Waals surface area contributed by atoms with Crippen LogP contribution in [0.25, 0.3) is 0 Å². The number of nitrogens with zero attached hydrogens (tertiary/aromatic N) is 1. The van der Waals surface area contributed by atoms with Gasteiger partial charge in [0.25, 0.3) is 0 Å². The fourth-order valence-corrected chi connectivity index (χ4v) is 0.990. The summed E-state index contributed by atoms with van der Waals surface area (Å²) in [6, 6.07) is 2.59. The molecule has 0 fully saturated rings. The molecule has 14 heavy (non-hydrogen) atoms. The molecule has 1 atom stereocenters. The van der Waals surface area contributed by atoms with Crippen LogP contribution < -0.4 is 5.32 Å². The molecule has 74 valence electrons. The first kappa shape index (κ1) is 10.4. The van der Waals surface area contributed by atoms with Gasteiger partial charge in [0.15, 0.2) is 0 Å². The molecule has 0 aliphatic heterocycles. The van der Waals surface area contributed by atoms with Crippen LogP contribution in [0.4, 0.5) is 4.39 Å². The zero-order valence-corrected chi connectivity index (χ0v) is 7.83.